The molecule has 0 unspecified atom stereocenters. The maximum Gasteiger partial charge on any atom is 0.162 e. The number of hydrogen-bond donors (Lipinski definition) is 1. The first-order chi connectivity index (χ1) is 13.7. The van der Waals surface area contributed by atoms with E-state index in [0.717, 1.165) is 46.5 Å². The van der Waals surface area contributed by atoms with Crippen LogP contribution < -0.4 is 14.9 Å². The van der Waals surface area contributed by atoms with E-state index in [9.17, 15) is 0 Å². The molecule has 1 aliphatic rings. The molecule has 4 rings (SSSR count). The lowest BCUT2D eigenvalue weighted by atomic mass is 10.2. The molecule has 28 heavy (non-hydrogen) atoms. The van der Waals surface area contributed by atoms with Gasteiger partial charge in [0.15, 0.2) is 11.5 Å². The second-order valence-electron chi connectivity index (χ2n) is 6.82. The average Bonchev–Trinajstić information content (AvgIpc) is 3.21. The predicted molar refractivity (Wildman–Crippen MR) is 114 cm³/mol. The van der Waals surface area contributed by atoms with E-state index in [0.29, 0.717) is 5.02 Å². The van der Waals surface area contributed by atoms with Crippen LogP contribution in [0, 0.1) is 0 Å². The van der Waals surface area contributed by atoms with Crippen LogP contribution in [0.1, 0.15) is 31.2 Å². The lowest BCUT2D eigenvalue weighted by Gasteiger charge is -2.16. The topological polar surface area (TPSA) is 55.7 Å². The molecule has 0 aliphatic heterocycles. The van der Waals surface area contributed by atoms with Gasteiger partial charge in [0, 0.05) is 16.6 Å². The van der Waals surface area contributed by atoms with E-state index in [4.69, 9.17) is 21.1 Å². The summed E-state index contributed by atoms with van der Waals surface area (Å²) in [5.74, 6) is 1.51. The van der Waals surface area contributed by atoms with Gasteiger partial charge in [-0.15, -0.1) is 0 Å². The molecule has 6 heteroatoms. The number of nitrogens with zero attached hydrogens (tertiary/aromatic N) is 2. The van der Waals surface area contributed by atoms with Crippen molar-refractivity contribution in [3.05, 3.63) is 59.2 Å². The Morgan fingerprint density at radius 3 is 2.79 bits per heavy atom. The smallest absolute Gasteiger partial charge is 0.162 e. The zero-order valence-electron chi connectivity index (χ0n) is 15.7. The molecular weight excluding hydrogens is 374 g/mol. The predicted octanol–water partition coefficient (Wildman–Crippen LogP) is 5.66. The van der Waals surface area contributed by atoms with Crippen molar-refractivity contribution in [3.8, 4) is 11.5 Å². The molecule has 0 amide bonds. The number of hydrazone groups is 1. The van der Waals surface area contributed by atoms with E-state index in [-0.39, 0.29) is 6.10 Å². The Morgan fingerprint density at radius 2 is 1.96 bits per heavy atom. The maximum absolute atomic E-state index is 6.14. The van der Waals surface area contributed by atoms with Crippen LogP contribution in [-0.2, 0) is 0 Å². The fourth-order valence-electron chi connectivity index (χ4n) is 3.45. The highest BCUT2D eigenvalue weighted by molar-refractivity contribution is 6.31. The fourth-order valence-corrected chi connectivity index (χ4v) is 3.61. The molecule has 0 spiro atoms. The molecule has 144 valence electrons. The monoisotopic (exact) mass is 395 g/mol. The van der Waals surface area contributed by atoms with Crippen LogP contribution in [0.25, 0.3) is 10.9 Å². The summed E-state index contributed by atoms with van der Waals surface area (Å²) in [6.45, 7) is 0. The number of pyridine rings is 1. The Labute approximate surface area is 169 Å². The highest BCUT2D eigenvalue weighted by Crippen LogP contribution is 2.32. The summed E-state index contributed by atoms with van der Waals surface area (Å²) < 4.78 is 11.6. The van der Waals surface area contributed by atoms with Gasteiger partial charge in [0.2, 0.25) is 0 Å². The number of halogens is 1. The maximum atomic E-state index is 6.14. The quantitative estimate of drug-likeness (QED) is 0.432. The molecular formula is C22H22ClN3O2. The van der Waals surface area contributed by atoms with Crippen LogP contribution in [0.3, 0.4) is 0 Å². The Balaban J connectivity index is 1.51. The summed E-state index contributed by atoms with van der Waals surface area (Å²) in [6.07, 6.45) is 8.42. The van der Waals surface area contributed by atoms with Gasteiger partial charge in [-0.3, -0.25) is 10.4 Å². The summed E-state index contributed by atoms with van der Waals surface area (Å²) in [4.78, 5) is 4.34. The van der Waals surface area contributed by atoms with Crippen LogP contribution in [0.2, 0.25) is 5.02 Å². The van der Waals surface area contributed by atoms with Gasteiger partial charge in [0.05, 0.1) is 30.6 Å². The molecule has 0 saturated heterocycles. The van der Waals surface area contributed by atoms with E-state index >= 15 is 0 Å². The minimum atomic E-state index is 0.272. The number of ether oxygens (including phenoxy) is 2. The molecule has 1 saturated carbocycles. The number of hydrogen-bond acceptors (Lipinski definition) is 5. The highest BCUT2D eigenvalue weighted by Gasteiger charge is 2.18. The summed E-state index contributed by atoms with van der Waals surface area (Å²) >= 11 is 6.04. The zero-order chi connectivity index (χ0) is 19.3. The number of aromatic nitrogens is 1. The molecule has 1 aromatic heterocycles. The minimum Gasteiger partial charge on any atom is -0.493 e. The van der Waals surface area contributed by atoms with Gasteiger partial charge >= 0.3 is 0 Å². The van der Waals surface area contributed by atoms with Crippen LogP contribution in [-0.4, -0.2) is 24.4 Å². The van der Waals surface area contributed by atoms with Crippen LogP contribution in [0.5, 0.6) is 11.5 Å². The third-order valence-electron chi connectivity index (χ3n) is 4.89. The van der Waals surface area contributed by atoms with E-state index in [1.165, 1.54) is 12.8 Å². The Morgan fingerprint density at radius 1 is 1.11 bits per heavy atom. The SMILES string of the molecule is COc1ccc(/C=N/Nc2ccnc3cc(Cl)ccc23)cc1OC1CCCC1. The Bertz CT molecular complexity index is 1000. The average molecular weight is 396 g/mol. The van der Waals surface area contributed by atoms with Crippen molar-refractivity contribution in [2.75, 3.05) is 12.5 Å². The Kier molecular flexibility index (Phi) is 5.63. The lowest BCUT2D eigenvalue weighted by molar-refractivity contribution is 0.201. The van der Waals surface area contributed by atoms with Crippen molar-refractivity contribution in [3.63, 3.8) is 0 Å². The van der Waals surface area contributed by atoms with Gasteiger partial charge in [0.25, 0.3) is 0 Å². The van der Waals surface area contributed by atoms with E-state index in [1.807, 2.05) is 42.5 Å². The van der Waals surface area contributed by atoms with Crippen molar-refractivity contribution in [2.24, 2.45) is 5.10 Å². The molecule has 5 nitrogen and oxygen atoms in total. The molecule has 0 radical (unpaired) electrons. The van der Waals surface area contributed by atoms with Crippen molar-refractivity contribution in [1.82, 2.24) is 4.98 Å². The van der Waals surface area contributed by atoms with Crippen molar-refractivity contribution in [2.45, 2.75) is 31.8 Å². The number of methoxy groups -OCH3 is 1. The van der Waals surface area contributed by atoms with Gasteiger partial charge in [-0.25, -0.2) is 0 Å². The first-order valence-electron chi connectivity index (χ1n) is 9.41. The standard InChI is InChI=1S/C22H22ClN3O2/c1-27-21-9-6-15(12-22(21)28-17-4-2-3-5-17)14-25-26-19-10-11-24-20-13-16(23)7-8-18(19)20/h6-14,17H,2-5H2,1H3,(H,24,26)/b25-14+. The first-order valence-corrected chi connectivity index (χ1v) is 9.79. The van der Waals surface area contributed by atoms with Gasteiger partial charge < -0.3 is 9.47 Å². The highest BCUT2D eigenvalue weighted by atomic mass is 35.5. The molecule has 0 atom stereocenters. The Hall–Kier alpha value is -2.79. The number of nitrogens with one attached hydrogen (secondary N) is 1. The fraction of sp³-hybridized carbons (Fsp3) is 0.273. The van der Waals surface area contributed by atoms with Crippen molar-refractivity contribution in [1.29, 1.82) is 0 Å². The third kappa shape index (κ3) is 4.20. The zero-order valence-corrected chi connectivity index (χ0v) is 16.4. The molecule has 1 fully saturated rings. The molecule has 1 heterocycles. The van der Waals surface area contributed by atoms with Crippen LogP contribution in [0.4, 0.5) is 5.69 Å². The summed E-state index contributed by atoms with van der Waals surface area (Å²) in [6, 6.07) is 13.3. The van der Waals surface area contributed by atoms with Crippen molar-refractivity contribution >= 4 is 34.4 Å². The van der Waals surface area contributed by atoms with Gasteiger partial charge in [-0.1, -0.05) is 11.6 Å². The van der Waals surface area contributed by atoms with Crippen molar-refractivity contribution < 1.29 is 9.47 Å². The normalized spacial score (nSPS) is 14.6. The number of rotatable bonds is 6. The first kappa shape index (κ1) is 18.6. The van der Waals surface area contributed by atoms with E-state index in [2.05, 4.69) is 15.5 Å². The third-order valence-corrected chi connectivity index (χ3v) is 5.12. The van der Waals surface area contributed by atoms with Gasteiger partial charge in [0.1, 0.15) is 0 Å². The van der Waals surface area contributed by atoms with E-state index < -0.39 is 0 Å². The largest absolute Gasteiger partial charge is 0.493 e. The molecule has 1 N–H and O–H groups in total. The number of anilines is 1. The number of fused-ring (bicyclic) bond motifs is 1. The summed E-state index contributed by atoms with van der Waals surface area (Å²) in [7, 11) is 1.66. The second-order valence-corrected chi connectivity index (χ2v) is 7.26. The summed E-state index contributed by atoms with van der Waals surface area (Å²) in [5.41, 5.74) is 5.72. The van der Waals surface area contributed by atoms with Crippen LogP contribution in [0.15, 0.2) is 53.8 Å². The second kappa shape index (κ2) is 8.48. The molecule has 0 bridgehead atoms. The van der Waals surface area contributed by atoms with Gasteiger partial charge in [-0.2, -0.15) is 5.10 Å². The van der Waals surface area contributed by atoms with E-state index in [1.54, 1.807) is 19.5 Å². The molecule has 3 aromatic rings. The minimum absolute atomic E-state index is 0.272. The number of benzene rings is 2. The molecule has 1 aliphatic carbocycles. The summed E-state index contributed by atoms with van der Waals surface area (Å²) in [5, 5.41) is 6.00. The van der Waals surface area contributed by atoms with Gasteiger partial charge in [-0.05, 0) is 73.7 Å². The van der Waals surface area contributed by atoms with Crippen LogP contribution >= 0.6 is 11.6 Å². The molecule has 2 aromatic carbocycles. The lowest BCUT2D eigenvalue weighted by Crippen LogP contribution is -2.11.